The van der Waals surface area contributed by atoms with Gasteiger partial charge in [0, 0.05) is 25.8 Å². The van der Waals surface area contributed by atoms with Gasteiger partial charge in [-0.3, -0.25) is 0 Å². The monoisotopic (exact) mass is 478 g/mol. The zero-order chi connectivity index (χ0) is 22.7. The van der Waals surface area contributed by atoms with Gasteiger partial charge >= 0.3 is 6.03 Å². The van der Waals surface area contributed by atoms with Crippen molar-refractivity contribution >= 4 is 29.2 Å². The van der Waals surface area contributed by atoms with Crippen LogP contribution in [0.2, 0.25) is 10.0 Å². The van der Waals surface area contributed by atoms with E-state index in [0.29, 0.717) is 41.9 Å². The van der Waals surface area contributed by atoms with Crippen molar-refractivity contribution in [1.29, 1.82) is 0 Å². The Labute approximate surface area is 197 Å². The Kier molecular flexibility index (Phi) is 7.51. The summed E-state index contributed by atoms with van der Waals surface area (Å²) in [6, 6.07) is 4.63. The molecule has 2 aliphatic rings. The van der Waals surface area contributed by atoms with E-state index < -0.39 is 0 Å². The van der Waals surface area contributed by atoms with Crippen molar-refractivity contribution < 1.29 is 15.0 Å². The minimum absolute atomic E-state index is 0.0690. The summed E-state index contributed by atoms with van der Waals surface area (Å²) in [7, 11) is 0. The third-order valence-corrected chi connectivity index (χ3v) is 7.07. The Morgan fingerprint density at radius 2 is 2.12 bits per heavy atom. The molecule has 4 rings (SSSR count). The van der Waals surface area contributed by atoms with Gasteiger partial charge in [0.25, 0.3) is 0 Å². The number of fused-ring (bicyclic) bond motifs is 1. The predicted molar refractivity (Wildman–Crippen MR) is 123 cm³/mol. The molecule has 9 heteroatoms. The fourth-order valence-corrected chi connectivity index (χ4v) is 4.84. The quantitative estimate of drug-likeness (QED) is 0.587. The molecule has 1 aliphatic carbocycles. The number of benzene rings is 1. The van der Waals surface area contributed by atoms with Gasteiger partial charge in [0.15, 0.2) is 0 Å². The second-order valence-corrected chi connectivity index (χ2v) is 9.47. The van der Waals surface area contributed by atoms with Gasteiger partial charge in [0.05, 0.1) is 34.4 Å². The first-order valence-corrected chi connectivity index (χ1v) is 11.8. The SMILES string of the molecule is O=C(NC(CCO)c1ccc(Cl)c(Cl)c1)N1CCc2cnc(C[C@H]3CC[C@H](O)C3)nc2C1. The van der Waals surface area contributed by atoms with E-state index in [0.717, 1.165) is 48.3 Å². The molecule has 1 aromatic carbocycles. The van der Waals surface area contributed by atoms with E-state index >= 15 is 0 Å². The minimum Gasteiger partial charge on any atom is -0.396 e. The van der Waals surface area contributed by atoms with Crippen LogP contribution in [0.3, 0.4) is 0 Å². The van der Waals surface area contributed by atoms with Crippen LogP contribution in [0.15, 0.2) is 24.4 Å². The summed E-state index contributed by atoms with van der Waals surface area (Å²) in [4.78, 5) is 24.0. The lowest BCUT2D eigenvalue weighted by atomic mass is 10.0. The van der Waals surface area contributed by atoms with Crippen LogP contribution < -0.4 is 5.32 Å². The molecule has 0 radical (unpaired) electrons. The van der Waals surface area contributed by atoms with Crippen molar-refractivity contribution in [2.75, 3.05) is 13.2 Å². The standard InChI is InChI=1S/C23H28Cl2N4O3/c24-18-4-2-15(11-19(18)25)20(6-8-30)28-23(32)29-7-5-16-12-26-22(27-21(16)13-29)10-14-1-3-17(31)9-14/h2,4,11-12,14,17,20,30-31H,1,3,5-10,13H2,(H,28,32)/t14-,17-,20?/m0/s1. The Bertz CT molecular complexity index is 974. The summed E-state index contributed by atoms with van der Waals surface area (Å²) >= 11 is 12.1. The molecule has 3 N–H and O–H groups in total. The molecular weight excluding hydrogens is 451 g/mol. The van der Waals surface area contributed by atoms with Gasteiger partial charge in [-0.15, -0.1) is 0 Å². The molecule has 0 saturated heterocycles. The van der Waals surface area contributed by atoms with E-state index in [1.807, 2.05) is 6.20 Å². The largest absolute Gasteiger partial charge is 0.396 e. The number of halogens is 2. The number of hydrogen-bond donors (Lipinski definition) is 3. The topological polar surface area (TPSA) is 98.6 Å². The van der Waals surface area contributed by atoms with Crippen LogP contribution in [0.25, 0.3) is 0 Å². The summed E-state index contributed by atoms with van der Waals surface area (Å²) < 4.78 is 0. The number of nitrogens with zero attached hydrogens (tertiary/aromatic N) is 3. The van der Waals surface area contributed by atoms with Gasteiger partial charge in [0.1, 0.15) is 5.82 Å². The summed E-state index contributed by atoms with van der Waals surface area (Å²) in [6.07, 6.45) is 6.13. The van der Waals surface area contributed by atoms with Crippen molar-refractivity contribution in [3.8, 4) is 0 Å². The highest BCUT2D eigenvalue weighted by molar-refractivity contribution is 6.42. The van der Waals surface area contributed by atoms with Crippen molar-refractivity contribution in [2.45, 2.75) is 57.2 Å². The molecule has 0 spiro atoms. The molecule has 2 amide bonds. The number of amides is 2. The van der Waals surface area contributed by atoms with Crippen molar-refractivity contribution in [1.82, 2.24) is 20.2 Å². The minimum atomic E-state index is -0.376. The van der Waals surface area contributed by atoms with Gasteiger partial charge in [-0.1, -0.05) is 29.3 Å². The normalized spacial score (nSPS) is 21.3. The molecule has 1 aliphatic heterocycles. The lowest BCUT2D eigenvalue weighted by molar-refractivity contribution is 0.177. The molecule has 32 heavy (non-hydrogen) atoms. The molecule has 2 aromatic rings. The summed E-state index contributed by atoms with van der Waals surface area (Å²) in [5.41, 5.74) is 2.74. The summed E-state index contributed by atoms with van der Waals surface area (Å²) in [6.45, 7) is 0.918. The van der Waals surface area contributed by atoms with Gasteiger partial charge in [-0.25, -0.2) is 14.8 Å². The Morgan fingerprint density at radius 3 is 2.84 bits per heavy atom. The second-order valence-electron chi connectivity index (χ2n) is 8.65. The molecular formula is C23H28Cl2N4O3. The number of rotatable bonds is 6. The van der Waals surface area contributed by atoms with E-state index in [2.05, 4.69) is 10.3 Å². The lowest BCUT2D eigenvalue weighted by Crippen LogP contribution is -2.44. The molecule has 2 heterocycles. The molecule has 0 bridgehead atoms. The molecule has 1 unspecified atom stereocenters. The first-order chi connectivity index (χ1) is 15.4. The Hall–Kier alpha value is -1.93. The van der Waals surface area contributed by atoms with Crippen molar-refractivity contribution in [3.63, 3.8) is 0 Å². The average molecular weight is 479 g/mol. The van der Waals surface area contributed by atoms with E-state index in [-0.39, 0.29) is 24.8 Å². The fraction of sp³-hybridized carbons (Fsp3) is 0.522. The van der Waals surface area contributed by atoms with Crippen molar-refractivity contribution in [2.24, 2.45) is 5.92 Å². The van der Waals surface area contributed by atoms with E-state index in [9.17, 15) is 15.0 Å². The highest BCUT2D eigenvalue weighted by Crippen LogP contribution is 2.29. The maximum Gasteiger partial charge on any atom is 0.318 e. The zero-order valence-electron chi connectivity index (χ0n) is 17.8. The smallest absolute Gasteiger partial charge is 0.318 e. The van der Waals surface area contributed by atoms with Crippen LogP contribution in [0.1, 0.15) is 54.4 Å². The number of carbonyl (C=O) groups excluding carboxylic acids is 1. The van der Waals surface area contributed by atoms with E-state index in [4.69, 9.17) is 28.2 Å². The number of aliphatic hydroxyl groups excluding tert-OH is 2. The molecule has 7 nitrogen and oxygen atoms in total. The maximum absolute atomic E-state index is 13.0. The molecule has 1 aromatic heterocycles. The number of nitrogens with one attached hydrogen (secondary N) is 1. The summed E-state index contributed by atoms with van der Waals surface area (Å²) in [5.74, 6) is 1.19. The number of aromatic nitrogens is 2. The fourth-order valence-electron chi connectivity index (χ4n) is 4.53. The van der Waals surface area contributed by atoms with E-state index in [1.54, 1.807) is 23.1 Å². The number of aliphatic hydroxyl groups is 2. The molecule has 3 atom stereocenters. The third kappa shape index (κ3) is 5.52. The van der Waals surface area contributed by atoms with Crippen molar-refractivity contribution in [3.05, 3.63) is 57.1 Å². The molecule has 1 fully saturated rings. The first kappa shape index (κ1) is 23.2. The van der Waals surface area contributed by atoms with E-state index in [1.165, 1.54) is 0 Å². The van der Waals surface area contributed by atoms with Crippen LogP contribution in [0.4, 0.5) is 4.79 Å². The number of hydrogen-bond acceptors (Lipinski definition) is 5. The summed E-state index contributed by atoms with van der Waals surface area (Å²) in [5, 5.41) is 23.1. The average Bonchev–Trinajstić information content (AvgIpc) is 3.19. The number of carbonyl (C=O) groups is 1. The van der Waals surface area contributed by atoms with Gasteiger partial charge in [0.2, 0.25) is 0 Å². The third-order valence-electron chi connectivity index (χ3n) is 6.33. The first-order valence-electron chi connectivity index (χ1n) is 11.1. The second kappa shape index (κ2) is 10.3. The van der Waals surface area contributed by atoms with Crippen LogP contribution in [-0.4, -0.2) is 50.4 Å². The van der Waals surface area contributed by atoms with Gasteiger partial charge in [-0.05, 0) is 61.3 Å². The van der Waals surface area contributed by atoms with Crippen LogP contribution in [-0.2, 0) is 19.4 Å². The Morgan fingerprint density at radius 1 is 1.28 bits per heavy atom. The zero-order valence-corrected chi connectivity index (χ0v) is 19.3. The predicted octanol–water partition coefficient (Wildman–Crippen LogP) is 3.68. The van der Waals surface area contributed by atoms with Gasteiger partial charge < -0.3 is 20.4 Å². The van der Waals surface area contributed by atoms with Crippen LogP contribution >= 0.6 is 23.2 Å². The Balaban J connectivity index is 1.42. The van der Waals surface area contributed by atoms with Crippen LogP contribution in [0.5, 0.6) is 0 Å². The van der Waals surface area contributed by atoms with Gasteiger partial charge in [-0.2, -0.15) is 0 Å². The molecule has 1 saturated carbocycles. The van der Waals surface area contributed by atoms with Crippen LogP contribution in [0, 0.1) is 5.92 Å². The lowest BCUT2D eigenvalue weighted by Gasteiger charge is -2.30. The highest BCUT2D eigenvalue weighted by atomic mass is 35.5. The highest BCUT2D eigenvalue weighted by Gasteiger charge is 2.27. The molecule has 172 valence electrons. The maximum atomic E-state index is 13.0. The number of urea groups is 1.